The summed E-state index contributed by atoms with van der Waals surface area (Å²) in [5.41, 5.74) is 2.41. The lowest BCUT2D eigenvalue weighted by atomic mass is 10.0. The molecule has 2 amide bonds. The summed E-state index contributed by atoms with van der Waals surface area (Å²) in [6.45, 7) is 3.89. The summed E-state index contributed by atoms with van der Waals surface area (Å²) >= 11 is 3.55. The average molecular weight is 596 g/mol. The van der Waals surface area contributed by atoms with E-state index in [1.54, 1.807) is 18.2 Å². The number of ether oxygens (including phenoxy) is 1. The molecule has 7 heteroatoms. The normalized spacial score (nSPS) is 14.3. The molecular formula is C32H36BrFN2O3. The highest BCUT2D eigenvalue weighted by atomic mass is 79.9. The van der Waals surface area contributed by atoms with E-state index in [0.29, 0.717) is 23.7 Å². The van der Waals surface area contributed by atoms with E-state index in [-0.39, 0.29) is 31.0 Å². The summed E-state index contributed by atoms with van der Waals surface area (Å²) in [5.74, 6) is -0.143. The van der Waals surface area contributed by atoms with Gasteiger partial charge in [0.15, 0.2) is 6.61 Å². The topological polar surface area (TPSA) is 58.6 Å². The molecular weight excluding hydrogens is 559 g/mol. The zero-order valence-corrected chi connectivity index (χ0v) is 24.1. The first-order valence-electron chi connectivity index (χ1n) is 13.6. The van der Waals surface area contributed by atoms with Gasteiger partial charge in [-0.1, -0.05) is 81.3 Å². The lowest BCUT2D eigenvalue weighted by Gasteiger charge is -2.32. The van der Waals surface area contributed by atoms with Crippen molar-refractivity contribution in [3.8, 4) is 5.75 Å². The molecule has 5 nitrogen and oxygen atoms in total. The van der Waals surface area contributed by atoms with E-state index in [1.165, 1.54) is 11.0 Å². The molecule has 3 aromatic rings. The first-order chi connectivity index (χ1) is 18.8. The largest absolute Gasteiger partial charge is 0.483 e. The van der Waals surface area contributed by atoms with Gasteiger partial charge in [0.1, 0.15) is 17.6 Å². The van der Waals surface area contributed by atoms with Crippen LogP contribution < -0.4 is 10.1 Å². The number of halogens is 2. The molecule has 4 rings (SSSR count). The number of nitrogens with one attached hydrogen (secondary N) is 1. The molecule has 1 fully saturated rings. The minimum absolute atomic E-state index is 0.0437. The summed E-state index contributed by atoms with van der Waals surface area (Å²) in [5, 5.41) is 3.16. The molecule has 3 aromatic carbocycles. The van der Waals surface area contributed by atoms with Gasteiger partial charge >= 0.3 is 0 Å². The third kappa shape index (κ3) is 7.91. The summed E-state index contributed by atoms with van der Waals surface area (Å²) in [7, 11) is 0. The number of hydrogen-bond donors (Lipinski definition) is 1. The fourth-order valence-corrected chi connectivity index (χ4v) is 5.46. The maximum atomic E-state index is 14.8. The molecule has 0 saturated heterocycles. The predicted octanol–water partition coefficient (Wildman–Crippen LogP) is 6.79. The van der Waals surface area contributed by atoms with Crippen molar-refractivity contribution in [1.82, 2.24) is 10.2 Å². The molecule has 1 N–H and O–H groups in total. The van der Waals surface area contributed by atoms with Gasteiger partial charge in [-0.3, -0.25) is 9.59 Å². The van der Waals surface area contributed by atoms with Crippen molar-refractivity contribution in [2.45, 2.75) is 70.5 Å². The number of benzene rings is 3. The summed E-state index contributed by atoms with van der Waals surface area (Å²) in [4.78, 5) is 28.9. The first kappa shape index (κ1) is 28.8. The highest BCUT2D eigenvalue weighted by Gasteiger charge is 2.33. The lowest BCUT2D eigenvalue weighted by molar-refractivity contribution is -0.143. The van der Waals surface area contributed by atoms with Crippen molar-refractivity contribution in [2.75, 3.05) is 6.61 Å². The molecule has 1 saturated carbocycles. The number of carbonyl (C=O) groups is 2. The molecule has 0 aliphatic heterocycles. The smallest absolute Gasteiger partial charge is 0.261 e. The third-order valence-electron chi connectivity index (χ3n) is 7.24. The zero-order chi connectivity index (χ0) is 27.8. The van der Waals surface area contributed by atoms with Crippen molar-refractivity contribution in [2.24, 2.45) is 0 Å². The molecule has 1 unspecified atom stereocenters. The van der Waals surface area contributed by atoms with Crippen LogP contribution in [0.15, 0.2) is 77.3 Å². The number of nitrogens with zero attached hydrogens (tertiary/aromatic N) is 1. The lowest BCUT2D eigenvalue weighted by Crippen LogP contribution is -2.53. The summed E-state index contributed by atoms with van der Waals surface area (Å²) in [6.07, 6.45) is 4.31. The molecule has 0 radical (unpaired) electrons. The Morgan fingerprint density at radius 3 is 2.38 bits per heavy atom. The van der Waals surface area contributed by atoms with Gasteiger partial charge in [0.2, 0.25) is 5.91 Å². The fourth-order valence-electron chi connectivity index (χ4n) is 4.95. The predicted molar refractivity (Wildman–Crippen MR) is 155 cm³/mol. The second-order valence-corrected chi connectivity index (χ2v) is 11.3. The minimum atomic E-state index is -0.824. The van der Waals surface area contributed by atoms with Crippen LogP contribution in [0.5, 0.6) is 5.75 Å². The van der Waals surface area contributed by atoms with Gasteiger partial charge in [-0.15, -0.1) is 0 Å². The number of carbonyl (C=O) groups excluding carboxylic acids is 2. The van der Waals surface area contributed by atoms with Gasteiger partial charge < -0.3 is 15.0 Å². The minimum Gasteiger partial charge on any atom is -0.483 e. The quantitative estimate of drug-likeness (QED) is 0.266. The average Bonchev–Trinajstić information content (AvgIpc) is 3.44. The second-order valence-electron chi connectivity index (χ2n) is 10.4. The van der Waals surface area contributed by atoms with Crippen LogP contribution in [-0.2, 0) is 22.6 Å². The van der Waals surface area contributed by atoms with Crippen molar-refractivity contribution >= 4 is 27.7 Å². The Kier molecular flexibility index (Phi) is 10.2. The Labute approximate surface area is 238 Å². The van der Waals surface area contributed by atoms with Crippen LogP contribution in [0.3, 0.4) is 0 Å². The number of amides is 2. The molecule has 0 spiro atoms. The Balaban J connectivity index is 1.61. The second kappa shape index (κ2) is 13.7. The van der Waals surface area contributed by atoms with Crippen LogP contribution in [0.25, 0.3) is 0 Å². The molecule has 1 aliphatic carbocycles. The summed E-state index contributed by atoms with van der Waals surface area (Å²) in [6, 6.07) is 21.0. The molecule has 0 heterocycles. The summed E-state index contributed by atoms with van der Waals surface area (Å²) < 4.78 is 21.4. The molecule has 1 aliphatic rings. The van der Waals surface area contributed by atoms with E-state index in [4.69, 9.17) is 4.74 Å². The monoisotopic (exact) mass is 594 g/mol. The van der Waals surface area contributed by atoms with E-state index in [0.717, 1.165) is 41.3 Å². The van der Waals surface area contributed by atoms with Crippen LogP contribution in [-0.4, -0.2) is 35.4 Å². The van der Waals surface area contributed by atoms with E-state index in [1.807, 2.05) is 48.5 Å². The van der Waals surface area contributed by atoms with E-state index < -0.39 is 11.9 Å². The standard InChI is InChI=1S/C32H36BrFN2O3/c1-22(2)24-16-17-30(27(33)19-24)39-21-31(37)36(20-25-12-6-9-15-28(25)34)29(18-23-10-4-3-5-11-23)32(38)35-26-13-7-8-14-26/h3-6,9-12,15-17,19,22,26,29H,7-8,13-14,18,20-21H2,1-2H3,(H,35,38). The molecule has 1 atom stereocenters. The maximum absolute atomic E-state index is 14.8. The van der Waals surface area contributed by atoms with Gasteiger partial charge in [-0.25, -0.2) is 4.39 Å². The van der Waals surface area contributed by atoms with Crippen LogP contribution >= 0.6 is 15.9 Å². The van der Waals surface area contributed by atoms with Crippen molar-refractivity contribution in [3.05, 3.63) is 99.8 Å². The van der Waals surface area contributed by atoms with Crippen LogP contribution in [0, 0.1) is 5.82 Å². The van der Waals surface area contributed by atoms with Crippen molar-refractivity contribution in [1.29, 1.82) is 0 Å². The van der Waals surface area contributed by atoms with Gasteiger partial charge in [-0.05, 0) is 64.0 Å². The van der Waals surface area contributed by atoms with Crippen molar-refractivity contribution < 1.29 is 18.7 Å². The Morgan fingerprint density at radius 1 is 1.03 bits per heavy atom. The Hall–Kier alpha value is -3.19. The van der Waals surface area contributed by atoms with Gasteiger partial charge in [0.05, 0.1) is 4.47 Å². The highest BCUT2D eigenvalue weighted by Crippen LogP contribution is 2.29. The van der Waals surface area contributed by atoms with Crippen LogP contribution in [0.2, 0.25) is 0 Å². The van der Waals surface area contributed by atoms with E-state index >= 15 is 0 Å². The molecule has 0 aromatic heterocycles. The molecule has 206 valence electrons. The third-order valence-corrected chi connectivity index (χ3v) is 7.86. The van der Waals surface area contributed by atoms with Crippen LogP contribution in [0.1, 0.15) is 62.1 Å². The fraction of sp³-hybridized carbons (Fsp3) is 0.375. The SMILES string of the molecule is CC(C)c1ccc(OCC(=O)N(Cc2ccccc2F)C(Cc2ccccc2)C(=O)NC2CCCC2)c(Br)c1. The van der Waals surface area contributed by atoms with Gasteiger partial charge in [0, 0.05) is 24.6 Å². The maximum Gasteiger partial charge on any atom is 0.261 e. The van der Waals surface area contributed by atoms with E-state index in [2.05, 4.69) is 35.1 Å². The first-order valence-corrected chi connectivity index (χ1v) is 14.4. The van der Waals surface area contributed by atoms with Gasteiger partial charge in [-0.2, -0.15) is 0 Å². The number of rotatable bonds is 11. The zero-order valence-electron chi connectivity index (χ0n) is 22.5. The van der Waals surface area contributed by atoms with E-state index in [9.17, 15) is 14.0 Å². The Bertz CT molecular complexity index is 1260. The molecule has 39 heavy (non-hydrogen) atoms. The van der Waals surface area contributed by atoms with Crippen LogP contribution in [0.4, 0.5) is 4.39 Å². The molecule has 0 bridgehead atoms. The Morgan fingerprint density at radius 2 is 1.72 bits per heavy atom. The van der Waals surface area contributed by atoms with Crippen molar-refractivity contribution in [3.63, 3.8) is 0 Å². The highest BCUT2D eigenvalue weighted by molar-refractivity contribution is 9.10. The van der Waals surface area contributed by atoms with Gasteiger partial charge in [0.25, 0.3) is 5.91 Å². The number of hydrogen-bond acceptors (Lipinski definition) is 3.